The van der Waals surface area contributed by atoms with Crippen LogP contribution in [0.3, 0.4) is 0 Å². The Morgan fingerprint density at radius 2 is 1.82 bits per heavy atom. The quantitative estimate of drug-likeness (QED) is 0.878. The topological polar surface area (TPSA) is 56.1 Å². The number of rotatable bonds is 4. The third-order valence-corrected chi connectivity index (χ3v) is 2.39. The number of nitrogens with one attached hydrogen (secondary N) is 1. The van der Waals surface area contributed by atoms with E-state index >= 15 is 0 Å². The summed E-state index contributed by atoms with van der Waals surface area (Å²) >= 11 is 0. The molecule has 1 aromatic heterocycles. The summed E-state index contributed by atoms with van der Waals surface area (Å²) < 4.78 is 64.5. The van der Waals surface area contributed by atoms with E-state index in [9.17, 15) is 26.7 Å². The monoisotopic (exact) mass is 321 g/mol. The molecule has 1 aromatic carbocycles. The number of nitrogens with zero attached hydrogens (tertiary/aromatic N) is 2. The predicted octanol–water partition coefficient (Wildman–Crippen LogP) is 3.43. The molecule has 0 aliphatic carbocycles. The second kappa shape index (κ2) is 6.00. The van der Waals surface area contributed by atoms with Crippen molar-refractivity contribution in [2.45, 2.75) is 12.9 Å². The van der Waals surface area contributed by atoms with Crippen molar-refractivity contribution in [1.29, 1.82) is 0 Å². The molecule has 10 heteroatoms. The van der Waals surface area contributed by atoms with E-state index in [2.05, 4.69) is 15.2 Å². The Morgan fingerprint density at radius 3 is 2.32 bits per heavy atom. The van der Waals surface area contributed by atoms with Crippen molar-refractivity contribution in [2.24, 2.45) is 0 Å². The number of hydrogen-bond donors (Lipinski definition) is 1. The first-order valence-corrected chi connectivity index (χ1v) is 5.75. The normalized spacial score (nSPS) is 11.5. The van der Waals surface area contributed by atoms with Crippen LogP contribution in [0.1, 0.15) is 17.0 Å². The molecule has 1 heterocycles. The highest BCUT2D eigenvalue weighted by molar-refractivity contribution is 6.02. The standard InChI is InChI=1S/C12H8F5N3O2/c13-11(14)20-6-5-9(19-20)10(21)18-7-1-3-8(4-2-7)22-12(15,16)17/h1-6,11H,(H,18,21). The Balaban J connectivity index is 2.02. The maximum absolute atomic E-state index is 12.3. The molecular formula is C12H8F5N3O2. The second-order valence-electron chi connectivity index (χ2n) is 3.98. The van der Waals surface area contributed by atoms with Crippen molar-refractivity contribution in [3.05, 3.63) is 42.2 Å². The lowest BCUT2D eigenvalue weighted by atomic mass is 10.3. The summed E-state index contributed by atoms with van der Waals surface area (Å²) in [6.07, 6.45) is -3.88. The van der Waals surface area contributed by atoms with E-state index in [1.165, 1.54) is 12.1 Å². The minimum Gasteiger partial charge on any atom is -0.406 e. The van der Waals surface area contributed by atoms with Crippen molar-refractivity contribution < 1.29 is 31.5 Å². The van der Waals surface area contributed by atoms with E-state index in [-0.39, 0.29) is 11.4 Å². The van der Waals surface area contributed by atoms with Crippen LogP contribution in [0.5, 0.6) is 5.75 Å². The molecule has 1 N–H and O–H groups in total. The van der Waals surface area contributed by atoms with Crippen molar-refractivity contribution >= 4 is 11.6 Å². The molecule has 0 atom stereocenters. The molecule has 0 saturated heterocycles. The third kappa shape index (κ3) is 4.17. The number of benzene rings is 1. The lowest BCUT2D eigenvalue weighted by Gasteiger charge is -2.09. The van der Waals surface area contributed by atoms with Crippen LogP contribution in [-0.4, -0.2) is 22.1 Å². The van der Waals surface area contributed by atoms with Gasteiger partial charge in [-0.2, -0.15) is 13.9 Å². The Hall–Kier alpha value is -2.65. The Labute approximate surface area is 120 Å². The molecule has 1 amide bonds. The summed E-state index contributed by atoms with van der Waals surface area (Å²) in [6, 6.07) is 5.43. The van der Waals surface area contributed by atoms with Crippen LogP contribution in [0.25, 0.3) is 0 Å². The first-order valence-electron chi connectivity index (χ1n) is 5.75. The zero-order valence-electron chi connectivity index (χ0n) is 10.6. The van der Waals surface area contributed by atoms with Gasteiger partial charge in [0.05, 0.1) is 0 Å². The molecule has 0 fully saturated rings. The number of alkyl halides is 5. The van der Waals surface area contributed by atoms with Gasteiger partial charge >= 0.3 is 12.9 Å². The smallest absolute Gasteiger partial charge is 0.406 e. The minimum absolute atomic E-state index is 0.158. The highest BCUT2D eigenvalue weighted by Gasteiger charge is 2.30. The molecule has 0 spiro atoms. The number of aromatic nitrogens is 2. The van der Waals surface area contributed by atoms with Crippen LogP contribution < -0.4 is 10.1 Å². The molecule has 0 aliphatic rings. The number of amides is 1. The van der Waals surface area contributed by atoms with Crippen LogP contribution in [0, 0.1) is 0 Å². The molecule has 0 unspecified atom stereocenters. The zero-order valence-corrected chi connectivity index (χ0v) is 10.6. The second-order valence-corrected chi connectivity index (χ2v) is 3.98. The summed E-state index contributed by atoms with van der Waals surface area (Å²) in [7, 11) is 0. The van der Waals surface area contributed by atoms with Crippen LogP contribution >= 0.6 is 0 Å². The summed E-state index contributed by atoms with van der Waals surface area (Å²) in [5, 5.41) is 5.66. The van der Waals surface area contributed by atoms with Crippen LogP contribution in [0.2, 0.25) is 0 Å². The van der Waals surface area contributed by atoms with E-state index < -0.39 is 24.6 Å². The van der Waals surface area contributed by atoms with E-state index in [4.69, 9.17) is 0 Å². The van der Waals surface area contributed by atoms with Crippen LogP contribution in [0.15, 0.2) is 36.5 Å². The predicted molar refractivity (Wildman–Crippen MR) is 64.6 cm³/mol. The van der Waals surface area contributed by atoms with Gasteiger partial charge in [-0.05, 0) is 30.3 Å². The number of carbonyl (C=O) groups excluding carboxylic acids is 1. The van der Waals surface area contributed by atoms with Gasteiger partial charge in [-0.3, -0.25) is 4.79 Å². The van der Waals surface area contributed by atoms with Crippen molar-refractivity contribution in [3.8, 4) is 5.75 Å². The van der Waals surface area contributed by atoms with Gasteiger partial charge in [-0.25, -0.2) is 4.68 Å². The number of anilines is 1. The molecule has 0 saturated carbocycles. The number of halogens is 5. The Morgan fingerprint density at radius 1 is 1.18 bits per heavy atom. The van der Waals surface area contributed by atoms with Gasteiger partial charge in [0, 0.05) is 11.9 Å². The van der Waals surface area contributed by atoms with Gasteiger partial charge in [-0.15, -0.1) is 13.2 Å². The third-order valence-electron chi connectivity index (χ3n) is 2.39. The molecular weight excluding hydrogens is 313 g/mol. The van der Waals surface area contributed by atoms with Crippen molar-refractivity contribution in [1.82, 2.24) is 9.78 Å². The molecule has 118 valence electrons. The molecule has 0 aliphatic heterocycles. The highest BCUT2D eigenvalue weighted by Crippen LogP contribution is 2.24. The zero-order chi connectivity index (χ0) is 16.3. The summed E-state index contributed by atoms with van der Waals surface area (Å²) in [5.41, 5.74) is -0.0953. The summed E-state index contributed by atoms with van der Waals surface area (Å²) in [5.74, 6) is -1.23. The Bertz CT molecular complexity index is 652. The van der Waals surface area contributed by atoms with Gasteiger partial charge in [0.15, 0.2) is 5.69 Å². The van der Waals surface area contributed by atoms with Gasteiger partial charge < -0.3 is 10.1 Å². The first kappa shape index (κ1) is 15.7. The lowest BCUT2D eigenvalue weighted by Crippen LogP contribution is -2.17. The molecule has 5 nitrogen and oxygen atoms in total. The minimum atomic E-state index is -4.81. The maximum Gasteiger partial charge on any atom is 0.573 e. The average molecular weight is 321 g/mol. The van der Waals surface area contributed by atoms with E-state index in [0.717, 1.165) is 24.4 Å². The molecule has 2 aromatic rings. The van der Waals surface area contributed by atoms with Gasteiger partial charge in [0.25, 0.3) is 5.91 Å². The van der Waals surface area contributed by atoms with Gasteiger partial charge in [0.1, 0.15) is 5.75 Å². The van der Waals surface area contributed by atoms with Crippen LogP contribution in [0.4, 0.5) is 27.6 Å². The summed E-state index contributed by atoms with van der Waals surface area (Å²) in [6.45, 7) is -2.87. The molecule has 2 rings (SSSR count). The largest absolute Gasteiger partial charge is 0.573 e. The highest BCUT2D eigenvalue weighted by atomic mass is 19.4. The number of hydrogen-bond acceptors (Lipinski definition) is 3. The summed E-state index contributed by atoms with van der Waals surface area (Å²) in [4.78, 5) is 11.7. The lowest BCUT2D eigenvalue weighted by molar-refractivity contribution is -0.274. The van der Waals surface area contributed by atoms with E-state index in [0.29, 0.717) is 4.68 Å². The fourth-order valence-corrected chi connectivity index (χ4v) is 1.50. The van der Waals surface area contributed by atoms with Gasteiger partial charge in [-0.1, -0.05) is 0 Å². The van der Waals surface area contributed by atoms with Crippen molar-refractivity contribution in [3.63, 3.8) is 0 Å². The fourth-order valence-electron chi connectivity index (χ4n) is 1.50. The van der Waals surface area contributed by atoms with Crippen molar-refractivity contribution in [2.75, 3.05) is 5.32 Å². The first-order chi connectivity index (χ1) is 10.2. The number of ether oxygens (including phenoxy) is 1. The molecule has 22 heavy (non-hydrogen) atoms. The fraction of sp³-hybridized carbons (Fsp3) is 0.167. The molecule has 0 radical (unpaired) electrons. The van der Waals surface area contributed by atoms with Gasteiger partial charge in [0.2, 0.25) is 0 Å². The number of carbonyl (C=O) groups is 1. The van der Waals surface area contributed by atoms with Crippen LogP contribution in [-0.2, 0) is 0 Å². The maximum atomic E-state index is 12.3. The average Bonchev–Trinajstić information content (AvgIpc) is 2.89. The molecule has 0 bridgehead atoms. The SMILES string of the molecule is O=C(Nc1ccc(OC(F)(F)F)cc1)c1ccn(C(F)F)n1. The Kier molecular flexibility index (Phi) is 4.29. The van der Waals surface area contributed by atoms with E-state index in [1.807, 2.05) is 0 Å². The van der Waals surface area contributed by atoms with E-state index in [1.54, 1.807) is 0 Å².